The van der Waals surface area contributed by atoms with Gasteiger partial charge in [-0.15, -0.1) is 0 Å². The molecule has 1 rings (SSSR count). The Morgan fingerprint density at radius 1 is 1.18 bits per heavy atom. The molecule has 94 valence electrons. The topological polar surface area (TPSA) is 58.9 Å². The van der Waals surface area contributed by atoms with Crippen molar-refractivity contribution in [3.63, 3.8) is 0 Å². The van der Waals surface area contributed by atoms with E-state index in [9.17, 15) is 9.59 Å². The van der Waals surface area contributed by atoms with E-state index in [-0.39, 0.29) is 6.04 Å². The van der Waals surface area contributed by atoms with Gasteiger partial charge in [0.25, 0.3) is 0 Å². The number of rotatable bonds is 6. The highest BCUT2D eigenvalue weighted by Crippen LogP contribution is 2.33. The quantitative estimate of drug-likeness (QED) is 0.525. The van der Waals surface area contributed by atoms with Gasteiger partial charge in [0.15, 0.2) is 0 Å². The third-order valence-electron chi connectivity index (χ3n) is 3.69. The highest BCUT2D eigenvalue weighted by Gasteiger charge is 2.26. The predicted octanol–water partition coefficient (Wildman–Crippen LogP) is 2.63. The van der Waals surface area contributed by atoms with E-state index in [0.29, 0.717) is 18.4 Å². The fraction of sp³-hybridized carbons (Fsp3) is 0.846. The molecule has 0 aliphatic heterocycles. The summed E-state index contributed by atoms with van der Waals surface area (Å²) in [6.07, 6.45) is 9.58. The maximum Gasteiger partial charge on any atom is 0.235 e. The Morgan fingerprint density at radius 2 is 1.88 bits per heavy atom. The van der Waals surface area contributed by atoms with Crippen molar-refractivity contribution in [3.05, 3.63) is 0 Å². The van der Waals surface area contributed by atoms with E-state index in [4.69, 9.17) is 0 Å². The van der Waals surface area contributed by atoms with Crippen molar-refractivity contribution in [1.29, 1.82) is 0 Å². The molecule has 1 fully saturated rings. The lowest BCUT2D eigenvalue weighted by Crippen LogP contribution is -2.25. The number of nitrogens with zero attached hydrogens (tertiary/aromatic N) is 2. The monoisotopic (exact) mass is 236 g/mol. The van der Waals surface area contributed by atoms with Crippen LogP contribution in [0.5, 0.6) is 0 Å². The van der Waals surface area contributed by atoms with Crippen LogP contribution in [-0.2, 0) is 9.59 Å². The maximum atomic E-state index is 10.2. The molecule has 17 heavy (non-hydrogen) atoms. The molecule has 1 aliphatic rings. The van der Waals surface area contributed by atoms with Crippen molar-refractivity contribution in [2.75, 3.05) is 6.54 Å². The zero-order valence-electron chi connectivity index (χ0n) is 10.4. The minimum Gasteiger partial charge on any atom is -0.211 e. The first-order chi connectivity index (χ1) is 8.31. The zero-order chi connectivity index (χ0) is 12.5. The summed E-state index contributed by atoms with van der Waals surface area (Å²) in [7, 11) is 0. The molecule has 0 bridgehead atoms. The van der Waals surface area contributed by atoms with Crippen LogP contribution in [0.15, 0.2) is 9.98 Å². The van der Waals surface area contributed by atoms with Gasteiger partial charge in [0, 0.05) is 0 Å². The molecule has 0 amide bonds. The van der Waals surface area contributed by atoms with E-state index in [0.717, 1.165) is 38.5 Å². The molecule has 0 aromatic heterocycles. The van der Waals surface area contributed by atoms with Gasteiger partial charge in [0.2, 0.25) is 12.2 Å². The molecule has 0 radical (unpaired) electrons. The minimum absolute atomic E-state index is 0.167. The van der Waals surface area contributed by atoms with E-state index < -0.39 is 0 Å². The first-order valence-corrected chi connectivity index (χ1v) is 6.42. The van der Waals surface area contributed by atoms with Crippen molar-refractivity contribution in [2.24, 2.45) is 21.8 Å². The summed E-state index contributed by atoms with van der Waals surface area (Å²) in [5.41, 5.74) is 0. The van der Waals surface area contributed by atoms with Crippen LogP contribution in [0, 0.1) is 11.8 Å². The second kappa shape index (κ2) is 7.94. The molecule has 0 saturated heterocycles. The molecule has 0 aromatic rings. The van der Waals surface area contributed by atoms with Gasteiger partial charge in [-0.1, -0.05) is 13.3 Å². The highest BCUT2D eigenvalue weighted by molar-refractivity contribution is 5.33. The largest absolute Gasteiger partial charge is 0.235 e. The minimum atomic E-state index is 0.167. The molecule has 1 aliphatic carbocycles. The van der Waals surface area contributed by atoms with Crippen LogP contribution in [0.4, 0.5) is 0 Å². The van der Waals surface area contributed by atoms with Gasteiger partial charge in [-0.25, -0.2) is 19.6 Å². The lowest BCUT2D eigenvalue weighted by Gasteiger charge is -2.31. The molecular formula is C13H20N2O2. The zero-order valence-corrected chi connectivity index (χ0v) is 10.4. The first-order valence-electron chi connectivity index (χ1n) is 6.42. The van der Waals surface area contributed by atoms with Gasteiger partial charge < -0.3 is 0 Å². The first kappa shape index (κ1) is 13.8. The van der Waals surface area contributed by atoms with Crippen LogP contribution < -0.4 is 0 Å². The highest BCUT2D eigenvalue weighted by atomic mass is 16.1. The summed E-state index contributed by atoms with van der Waals surface area (Å²) in [5.74, 6) is 1.10. The summed E-state index contributed by atoms with van der Waals surface area (Å²) in [5, 5.41) is 0. The van der Waals surface area contributed by atoms with Gasteiger partial charge in [-0.3, -0.25) is 0 Å². The van der Waals surface area contributed by atoms with Crippen LogP contribution in [-0.4, -0.2) is 24.7 Å². The maximum absolute atomic E-state index is 10.2. The third-order valence-corrected chi connectivity index (χ3v) is 3.69. The smallest absolute Gasteiger partial charge is 0.211 e. The number of aliphatic imine (C=N–C) groups is 2. The molecule has 1 saturated carbocycles. The molecule has 0 spiro atoms. The van der Waals surface area contributed by atoms with Crippen molar-refractivity contribution in [1.82, 2.24) is 0 Å². The number of carbonyl (C=O) groups excluding carboxylic acids is 2. The number of hydrogen-bond donors (Lipinski definition) is 0. The van der Waals surface area contributed by atoms with Crippen molar-refractivity contribution < 1.29 is 9.59 Å². The van der Waals surface area contributed by atoms with Crippen LogP contribution >= 0.6 is 0 Å². The van der Waals surface area contributed by atoms with Gasteiger partial charge in [0.05, 0.1) is 12.6 Å². The van der Waals surface area contributed by atoms with Crippen LogP contribution in [0.1, 0.15) is 45.4 Å². The Balaban J connectivity index is 2.47. The molecular weight excluding hydrogens is 216 g/mol. The van der Waals surface area contributed by atoms with E-state index in [1.807, 2.05) is 0 Å². The third kappa shape index (κ3) is 4.64. The average molecular weight is 236 g/mol. The summed E-state index contributed by atoms with van der Waals surface area (Å²) >= 11 is 0. The molecule has 1 unspecified atom stereocenters. The Hall–Kier alpha value is -1.24. The predicted molar refractivity (Wildman–Crippen MR) is 65.3 cm³/mol. The lowest BCUT2D eigenvalue weighted by atomic mass is 9.76. The summed E-state index contributed by atoms with van der Waals surface area (Å²) in [6.45, 7) is 2.75. The molecule has 1 atom stereocenters. The molecule has 0 N–H and O–H groups in total. The Morgan fingerprint density at radius 3 is 2.41 bits per heavy atom. The van der Waals surface area contributed by atoms with Crippen molar-refractivity contribution in [2.45, 2.75) is 51.5 Å². The van der Waals surface area contributed by atoms with Crippen molar-refractivity contribution >= 4 is 12.2 Å². The molecule has 0 heterocycles. The SMILES string of the molecule is CCCC(CN=C=O)C1CCC(N=C=O)CC1. The standard InChI is InChI=1S/C13H20N2O2/c1-2-3-12(8-14-9-16)11-4-6-13(7-5-11)15-10-17/h11-13H,2-8H2,1H3. The van der Waals surface area contributed by atoms with E-state index in [2.05, 4.69) is 16.9 Å². The van der Waals surface area contributed by atoms with E-state index in [1.54, 1.807) is 12.2 Å². The van der Waals surface area contributed by atoms with Crippen LogP contribution in [0.2, 0.25) is 0 Å². The number of hydrogen-bond acceptors (Lipinski definition) is 4. The molecule has 4 nitrogen and oxygen atoms in total. The fourth-order valence-corrected chi connectivity index (χ4v) is 2.78. The van der Waals surface area contributed by atoms with Gasteiger partial charge in [0.1, 0.15) is 0 Å². The normalized spacial score (nSPS) is 25.5. The summed E-state index contributed by atoms with van der Waals surface area (Å²) < 4.78 is 0. The van der Waals surface area contributed by atoms with Crippen LogP contribution in [0.3, 0.4) is 0 Å². The van der Waals surface area contributed by atoms with Gasteiger partial charge in [-0.2, -0.15) is 0 Å². The van der Waals surface area contributed by atoms with Gasteiger partial charge in [-0.05, 0) is 43.9 Å². The Labute approximate surface area is 102 Å². The van der Waals surface area contributed by atoms with Crippen molar-refractivity contribution in [3.8, 4) is 0 Å². The second-order valence-corrected chi connectivity index (χ2v) is 4.77. The fourth-order valence-electron chi connectivity index (χ4n) is 2.78. The Bertz CT molecular complexity index is 309. The molecule has 0 aromatic carbocycles. The molecule has 4 heteroatoms. The van der Waals surface area contributed by atoms with Gasteiger partial charge >= 0.3 is 0 Å². The summed E-state index contributed by atoms with van der Waals surface area (Å²) in [6, 6.07) is 0.167. The van der Waals surface area contributed by atoms with E-state index >= 15 is 0 Å². The Kier molecular flexibility index (Phi) is 6.46. The lowest BCUT2D eigenvalue weighted by molar-refractivity contribution is 0.227. The number of isocyanates is 2. The average Bonchev–Trinajstić information content (AvgIpc) is 2.36. The summed E-state index contributed by atoms with van der Waals surface area (Å²) in [4.78, 5) is 27.9. The second-order valence-electron chi connectivity index (χ2n) is 4.77. The van der Waals surface area contributed by atoms with Crippen LogP contribution in [0.25, 0.3) is 0 Å². The van der Waals surface area contributed by atoms with E-state index in [1.165, 1.54) is 0 Å².